The maximum Gasteiger partial charge on any atom is 0.263 e. The third-order valence-electron chi connectivity index (χ3n) is 3.85. The van der Waals surface area contributed by atoms with E-state index in [0.29, 0.717) is 11.9 Å². The molecule has 25 heavy (non-hydrogen) atoms. The number of carbonyl (C=O) groups excluding carboxylic acids is 1. The van der Waals surface area contributed by atoms with Crippen LogP contribution in [0.25, 0.3) is 0 Å². The molecule has 6 nitrogen and oxygen atoms in total. The minimum absolute atomic E-state index is 0.187. The summed E-state index contributed by atoms with van der Waals surface area (Å²) in [6, 6.07) is 4.59. The maximum absolute atomic E-state index is 13.5. The Labute approximate surface area is 143 Å². The minimum atomic E-state index is -0.859. The van der Waals surface area contributed by atoms with Crippen molar-refractivity contribution in [1.29, 1.82) is 0 Å². The largest absolute Gasteiger partial charge is 0.481 e. The summed E-state index contributed by atoms with van der Waals surface area (Å²) in [5.74, 6) is -1.14. The van der Waals surface area contributed by atoms with Gasteiger partial charge in [-0.1, -0.05) is 0 Å². The minimum Gasteiger partial charge on any atom is -0.481 e. The zero-order valence-electron chi connectivity index (χ0n) is 13.5. The summed E-state index contributed by atoms with van der Waals surface area (Å²) >= 11 is 0. The normalized spacial score (nSPS) is 14.2. The summed E-state index contributed by atoms with van der Waals surface area (Å²) in [5, 5.41) is 2.58. The molecule has 8 heteroatoms. The van der Waals surface area contributed by atoms with Gasteiger partial charge < -0.3 is 15.0 Å². The summed E-state index contributed by atoms with van der Waals surface area (Å²) in [6.45, 7) is 1.44. The van der Waals surface area contributed by atoms with Crippen molar-refractivity contribution < 1.29 is 18.3 Å². The Morgan fingerprint density at radius 3 is 2.72 bits per heavy atom. The molecular formula is C17H18F2N4O2. The predicted octanol–water partition coefficient (Wildman–Crippen LogP) is 2.76. The first kappa shape index (κ1) is 17.1. The van der Waals surface area contributed by atoms with E-state index in [0.717, 1.165) is 43.9 Å². The van der Waals surface area contributed by atoms with Crippen LogP contribution in [0.1, 0.15) is 19.3 Å². The van der Waals surface area contributed by atoms with Crippen molar-refractivity contribution in [1.82, 2.24) is 9.97 Å². The van der Waals surface area contributed by atoms with Gasteiger partial charge in [0.2, 0.25) is 0 Å². The van der Waals surface area contributed by atoms with Gasteiger partial charge in [-0.2, -0.15) is 0 Å². The van der Waals surface area contributed by atoms with Crippen LogP contribution >= 0.6 is 0 Å². The third-order valence-corrected chi connectivity index (χ3v) is 3.85. The van der Waals surface area contributed by atoms with Gasteiger partial charge >= 0.3 is 0 Å². The highest BCUT2D eigenvalue weighted by Crippen LogP contribution is 2.20. The molecule has 1 N–H and O–H groups in total. The number of aromatic nitrogens is 2. The first-order chi connectivity index (χ1) is 12.1. The molecule has 2 heterocycles. The van der Waals surface area contributed by atoms with Gasteiger partial charge in [0.25, 0.3) is 5.91 Å². The molecule has 1 saturated heterocycles. The number of nitrogens with one attached hydrogen (secondary N) is 1. The molecule has 132 valence electrons. The number of rotatable bonds is 5. The van der Waals surface area contributed by atoms with Crippen LogP contribution in [0, 0.1) is 11.6 Å². The van der Waals surface area contributed by atoms with Crippen LogP contribution < -0.4 is 15.0 Å². The highest BCUT2D eigenvalue weighted by molar-refractivity contribution is 5.91. The van der Waals surface area contributed by atoms with Crippen molar-refractivity contribution in [2.75, 3.05) is 29.9 Å². The Hall–Kier alpha value is -2.77. The van der Waals surface area contributed by atoms with Gasteiger partial charge in [-0.05, 0) is 31.4 Å². The Morgan fingerprint density at radius 2 is 1.96 bits per heavy atom. The number of nitrogens with zero attached hydrogens (tertiary/aromatic N) is 3. The molecule has 0 radical (unpaired) electrons. The zero-order chi connectivity index (χ0) is 17.6. The number of benzene rings is 1. The van der Waals surface area contributed by atoms with Gasteiger partial charge in [-0.25, -0.2) is 18.7 Å². The molecule has 1 fully saturated rings. The van der Waals surface area contributed by atoms with Crippen LogP contribution in [0.2, 0.25) is 0 Å². The van der Waals surface area contributed by atoms with Gasteiger partial charge in [0.15, 0.2) is 18.2 Å². The molecule has 1 aliphatic rings. The van der Waals surface area contributed by atoms with Gasteiger partial charge in [0, 0.05) is 25.2 Å². The van der Waals surface area contributed by atoms with E-state index >= 15 is 0 Å². The number of carbonyl (C=O) groups is 1. The monoisotopic (exact) mass is 348 g/mol. The topological polar surface area (TPSA) is 67.3 Å². The summed E-state index contributed by atoms with van der Waals surface area (Å²) in [4.78, 5) is 22.3. The number of anilines is 2. The average Bonchev–Trinajstić information content (AvgIpc) is 2.62. The van der Waals surface area contributed by atoms with Crippen LogP contribution in [0.3, 0.4) is 0 Å². The second kappa shape index (κ2) is 7.87. The molecule has 0 unspecified atom stereocenters. The van der Waals surface area contributed by atoms with Gasteiger partial charge in [0.1, 0.15) is 23.8 Å². The lowest BCUT2D eigenvalue weighted by Gasteiger charge is -2.27. The molecule has 1 aromatic carbocycles. The van der Waals surface area contributed by atoms with Gasteiger partial charge in [0.05, 0.1) is 0 Å². The van der Waals surface area contributed by atoms with Crippen LogP contribution in [-0.2, 0) is 4.79 Å². The summed E-state index contributed by atoms with van der Waals surface area (Å²) < 4.78 is 31.4. The van der Waals surface area contributed by atoms with Crippen molar-refractivity contribution in [2.24, 2.45) is 0 Å². The molecule has 1 aliphatic heterocycles. The standard InChI is InChI=1S/C17H18F2N4O2/c18-12-4-5-14(13(19)8-12)25-10-17(24)22-15-9-16(21-11-20-15)23-6-2-1-3-7-23/h4-5,8-9,11H,1-3,6-7,10H2,(H,20,21,22,24). The van der Waals surface area contributed by atoms with E-state index < -0.39 is 24.1 Å². The van der Waals surface area contributed by atoms with Crippen molar-refractivity contribution in [3.05, 3.63) is 42.2 Å². The lowest BCUT2D eigenvalue weighted by Crippen LogP contribution is -2.30. The van der Waals surface area contributed by atoms with Crippen molar-refractivity contribution in [2.45, 2.75) is 19.3 Å². The molecule has 2 aromatic rings. The van der Waals surface area contributed by atoms with Crippen molar-refractivity contribution in [3.63, 3.8) is 0 Å². The van der Waals surface area contributed by atoms with E-state index in [1.165, 1.54) is 12.7 Å². The third kappa shape index (κ3) is 4.62. The second-order valence-corrected chi connectivity index (χ2v) is 5.72. The number of halogens is 2. The molecule has 3 rings (SSSR count). The second-order valence-electron chi connectivity index (χ2n) is 5.72. The molecule has 0 saturated carbocycles. The number of amides is 1. The predicted molar refractivity (Wildman–Crippen MR) is 88.6 cm³/mol. The average molecular weight is 348 g/mol. The Balaban J connectivity index is 1.57. The lowest BCUT2D eigenvalue weighted by atomic mass is 10.1. The van der Waals surface area contributed by atoms with Gasteiger partial charge in [-0.15, -0.1) is 0 Å². The lowest BCUT2D eigenvalue weighted by molar-refractivity contribution is -0.118. The number of ether oxygens (including phenoxy) is 1. The highest BCUT2D eigenvalue weighted by atomic mass is 19.1. The molecular weight excluding hydrogens is 330 g/mol. The summed E-state index contributed by atoms with van der Waals surface area (Å²) in [6.07, 6.45) is 4.83. The molecule has 0 bridgehead atoms. The Bertz CT molecular complexity index is 751. The van der Waals surface area contributed by atoms with Gasteiger partial charge in [-0.3, -0.25) is 4.79 Å². The molecule has 1 aromatic heterocycles. The highest BCUT2D eigenvalue weighted by Gasteiger charge is 2.14. The van der Waals surface area contributed by atoms with Crippen LogP contribution in [-0.4, -0.2) is 35.6 Å². The van der Waals surface area contributed by atoms with E-state index in [2.05, 4.69) is 20.2 Å². The fourth-order valence-electron chi connectivity index (χ4n) is 2.63. The number of hydrogen-bond acceptors (Lipinski definition) is 5. The first-order valence-corrected chi connectivity index (χ1v) is 8.06. The van der Waals surface area contributed by atoms with E-state index in [1.807, 2.05) is 0 Å². The van der Waals surface area contributed by atoms with Crippen molar-refractivity contribution in [3.8, 4) is 5.75 Å². The Kier molecular flexibility index (Phi) is 5.37. The summed E-state index contributed by atoms with van der Waals surface area (Å²) in [7, 11) is 0. The fraction of sp³-hybridized carbons (Fsp3) is 0.353. The zero-order valence-corrected chi connectivity index (χ0v) is 13.5. The van der Waals surface area contributed by atoms with E-state index in [4.69, 9.17) is 4.74 Å². The number of hydrogen-bond donors (Lipinski definition) is 1. The van der Waals surface area contributed by atoms with E-state index in [9.17, 15) is 13.6 Å². The Morgan fingerprint density at radius 1 is 1.16 bits per heavy atom. The number of piperidine rings is 1. The molecule has 0 spiro atoms. The van der Waals surface area contributed by atoms with E-state index in [-0.39, 0.29) is 5.75 Å². The van der Waals surface area contributed by atoms with E-state index in [1.54, 1.807) is 6.07 Å². The van der Waals surface area contributed by atoms with Crippen LogP contribution in [0.15, 0.2) is 30.6 Å². The van der Waals surface area contributed by atoms with Crippen LogP contribution in [0.5, 0.6) is 5.75 Å². The quantitative estimate of drug-likeness (QED) is 0.900. The smallest absolute Gasteiger partial charge is 0.263 e. The molecule has 0 aliphatic carbocycles. The molecule has 0 atom stereocenters. The fourth-order valence-corrected chi connectivity index (χ4v) is 2.63. The maximum atomic E-state index is 13.5. The van der Waals surface area contributed by atoms with Crippen LogP contribution in [0.4, 0.5) is 20.4 Å². The molecule has 1 amide bonds. The first-order valence-electron chi connectivity index (χ1n) is 8.06. The van der Waals surface area contributed by atoms with Crippen molar-refractivity contribution >= 4 is 17.5 Å². The summed E-state index contributed by atoms with van der Waals surface area (Å²) in [5.41, 5.74) is 0. The SMILES string of the molecule is O=C(COc1ccc(F)cc1F)Nc1cc(N2CCCCC2)ncn1.